The lowest BCUT2D eigenvalue weighted by atomic mass is 9.42. The zero-order valence-corrected chi connectivity index (χ0v) is 26.6. The van der Waals surface area contributed by atoms with Crippen LogP contribution in [0, 0.1) is 39.4 Å². The van der Waals surface area contributed by atoms with Gasteiger partial charge in [-0.1, -0.05) is 53.2 Å². The van der Waals surface area contributed by atoms with Gasteiger partial charge in [-0.2, -0.15) is 0 Å². The summed E-state index contributed by atoms with van der Waals surface area (Å²) < 4.78 is 11.9. The molecule has 4 aliphatic rings. The van der Waals surface area contributed by atoms with E-state index in [-0.39, 0.29) is 52.2 Å². The number of carbonyl (C=O) groups is 3. The molecular weight excluding hydrogens is 520 g/mol. The molecule has 4 rings (SSSR count). The van der Waals surface area contributed by atoms with Crippen molar-refractivity contribution in [1.29, 1.82) is 0 Å². The normalized spacial score (nSPS) is 40.6. The van der Waals surface area contributed by atoms with E-state index in [1.807, 2.05) is 0 Å². The number of carboxylic acid groups (broad SMARTS) is 1. The average Bonchev–Trinajstić information content (AvgIpc) is 3.08. The number of aliphatic hydroxyl groups excluding tert-OH is 1. The monoisotopic (exact) mass is 572 g/mol. The number of aliphatic carboxylic acids is 1. The van der Waals surface area contributed by atoms with Gasteiger partial charge < -0.3 is 19.7 Å². The van der Waals surface area contributed by atoms with Crippen LogP contribution in [0.3, 0.4) is 0 Å². The van der Waals surface area contributed by atoms with Crippen molar-refractivity contribution in [2.75, 3.05) is 0 Å². The quantitative estimate of drug-likeness (QED) is 0.200. The summed E-state index contributed by atoms with van der Waals surface area (Å²) in [6, 6.07) is 0. The minimum absolute atomic E-state index is 0.136. The fraction of sp³-hybridized carbons (Fsp3) is 0.794. The second-order valence-corrected chi connectivity index (χ2v) is 14.9. The Morgan fingerprint density at radius 1 is 0.976 bits per heavy atom. The van der Waals surface area contributed by atoms with Crippen LogP contribution in [0.2, 0.25) is 0 Å². The molecule has 0 amide bonds. The van der Waals surface area contributed by atoms with Gasteiger partial charge in [0.15, 0.2) is 0 Å². The van der Waals surface area contributed by atoms with Crippen LogP contribution in [0.1, 0.15) is 114 Å². The molecule has 0 heterocycles. The topological polar surface area (TPSA) is 110 Å². The number of ether oxygens (including phenoxy) is 2. The Balaban J connectivity index is 1.75. The summed E-state index contributed by atoms with van der Waals surface area (Å²) in [5.74, 6) is -0.726. The van der Waals surface area contributed by atoms with Gasteiger partial charge in [0.05, 0.1) is 6.10 Å². The van der Waals surface area contributed by atoms with Gasteiger partial charge in [0.25, 0.3) is 0 Å². The number of esters is 2. The predicted octanol–water partition coefficient (Wildman–Crippen LogP) is 6.63. The Kier molecular flexibility index (Phi) is 8.40. The molecule has 0 aromatic carbocycles. The third-order valence-corrected chi connectivity index (χ3v) is 12.5. The molecule has 230 valence electrons. The van der Waals surface area contributed by atoms with E-state index in [4.69, 9.17) is 9.47 Å². The maximum Gasteiger partial charge on any atom is 0.330 e. The molecule has 9 atom stereocenters. The van der Waals surface area contributed by atoms with Gasteiger partial charge in [-0.15, -0.1) is 0 Å². The molecule has 41 heavy (non-hydrogen) atoms. The number of allylic oxidation sites excluding steroid dienone is 2. The molecule has 0 radical (unpaired) electrons. The summed E-state index contributed by atoms with van der Waals surface area (Å²) in [4.78, 5) is 35.7. The summed E-state index contributed by atoms with van der Waals surface area (Å²) in [6.07, 6.45) is 7.04. The second-order valence-electron chi connectivity index (χ2n) is 14.9. The van der Waals surface area contributed by atoms with Crippen LogP contribution in [-0.2, 0) is 23.9 Å². The van der Waals surface area contributed by atoms with E-state index in [1.54, 1.807) is 13.0 Å². The van der Waals surface area contributed by atoms with Crippen LogP contribution in [-0.4, -0.2) is 46.4 Å². The summed E-state index contributed by atoms with van der Waals surface area (Å²) in [5.41, 5.74) is 1.67. The van der Waals surface area contributed by atoms with Crippen molar-refractivity contribution in [1.82, 2.24) is 0 Å². The van der Waals surface area contributed by atoms with Gasteiger partial charge in [0.1, 0.15) is 12.2 Å². The third-order valence-electron chi connectivity index (χ3n) is 12.5. The van der Waals surface area contributed by atoms with Gasteiger partial charge in [-0.25, -0.2) is 4.79 Å². The highest BCUT2D eigenvalue weighted by atomic mass is 16.5. The molecular formula is C34H52O7. The average molecular weight is 573 g/mol. The van der Waals surface area contributed by atoms with Crippen molar-refractivity contribution < 1.29 is 34.1 Å². The fourth-order valence-electron chi connectivity index (χ4n) is 10.2. The van der Waals surface area contributed by atoms with Crippen molar-refractivity contribution in [3.05, 3.63) is 22.8 Å². The molecule has 0 saturated heterocycles. The number of carboxylic acids is 1. The Hall–Kier alpha value is -2.15. The Morgan fingerprint density at radius 3 is 2.17 bits per heavy atom. The van der Waals surface area contributed by atoms with E-state index in [0.717, 1.165) is 44.1 Å². The van der Waals surface area contributed by atoms with Crippen LogP contribution in [0.25, 0.3) is 0 Å². The van der Waals surface area contributed by atoms with Crippen LogP contribution >= 0.6 is 0 Å². The van der Waals surface area contributed by atoms with Crippen molar-refractivity contribution in [2.24, 2.45) is 39.4 Å². The largest absolute Gasteiger partial charge is 0.478 e. The standard InChI is InChI=1S/C34H52O7/c1-19(11-10-12-20(2)30(38)39)24-17-28(41-22(4)36)34(9)29-23(13-16-33(24,34)8)32(7)15-14-27(40-21(3)35)31(5,6)26(32)18-25(29)37/h12,19,24-28,37H,10-11,13-18H2,1-9H3,(H,38,39)/b20-12+/t19-,24-,25-,26+,27-,28+,32-,33-,34+/m1/s1. The lowest BCUT2D eigenvalue weighted by molar-refractivity contribution is -0.171. The van der Waals surface area contributed by atoms with Crippen molar-refractivity contribution in [2.45, 2.75) is 132 Å². The summed E-state index contributed by atoms with van der Waals surface area (Å²) in [5, 5.41) is 21.3. The molecule has 7 nitrogen and oxygen atoms in total. The van der Waals surface area contributed by atoms with E-state index in [1.165, 1.54) is 19.4 Å². The van der Waals surface area contributed by atoms with Crippen molar-refractivity contribution >= 4 is 17.9 Å². The molecule has 0 aliphatic heterocycles. The highest BCUT2D eigenvalue weighted by Crippen LogP contribution is 2.73. The first-order valence-electron chi connectivity index (χ1n) is 15.6. The number of hydrogen-bond donors (Lipinski definition) is 2. The lowest BCUT2D eigenvalue weighted by Gasteiger charge is -2.63. The maximum absolute atomic E-state index is 12.4. The Bertz CT molecular complexity index is 1150. The molecule has 0 spiro atoms. The fourth-order valence-corrected chi connectivity index (χ4v) is 10.2. The van der Waals surface area contributed by atoms with Crippen LogP contribution in [0.4, 0.5) is 0 Å². The molecule has 2 saturated carbocycles. The highest BCUT2D eigenvalue weighted by Gasteiger charge is 2.69. The minimum atomic E-state index is -0.886. The zero-order valence-electron chi connectivity index (χ0n) is 26.6. The van der Waals surface area contributed by atoms with E-state index < -0.39 is 17.5 Å². The number of hydrogen-bond acceptors (Lipinski definition) is 6. The second kappa shape index (κ2) is 10.8. The first kappa shape index (κ1) is 31.8. The van der Waals surface area contributed by atoms with Gasteiger partial charge in [-0.3, -0.25) is 9.59 Å². The molecule has 0 aromatic rings. The van der Waals surface area contributed by atoms with Crippen LogP contribution in [0.5, 0.6) is 0 Å². The van der Waals surface area contributed by atoms with E-state index >= 15 is 0 Å². The molecule has 0 bridgehead atoms. The Morgan fingerprint density at radius 2 is 1.59 bits per heavy atom. The predicted molar refractivity (Wildman–Crippen MR) is 157 cm³/mol. The third kappa shape index (κ3) is 4.98. The summed E-state index contributed by atoms with van der Waals surface area (Å²) >= 11 is 0. The van der Waals surface area contributed by atoms with E-state index in [2.05, 4.69) is 41.5 Å². The molecule has 2 fully saturated rings. The molecule has 7 heteroatoms. The van der Waals surface area contributed by atoms with E-state index in [0.29, 0.717) is 24.3 Å². The highest BCUT2D eigenvalue weighted by molar-refractivity contribution is 5.85. The number of aliphatic hydroxyl groups is 1. The molecule has 4 aliphatic carbocycles. The van der Waals surface area contributed by atoms with Gasteiger partial charge in [0.2, 0.25) is 0 Å². The molecule has 2 N–H and O–H groups in total. The van der Waals surface area contributed by atoms with Gasteiger partial charge in [0, 0.05) is 30.3 Å². The number of rotatable bonds is 7. The first-order valence-corrected chi connectivity index (χ1v) is 15.6. The maximum atomic E-state index is 12.4. The smallest absolute Gasteiger partial charge is 0.330 e. The zero-order chi connectivity index (χ0) is 30.7. The van der Waals surface area contributed by atoms with Gasteiger partial charge >= 0.3 is 17.9 Å². The van der Waals surface area contributed by atoms with Gasteiger partial charge in [-0.05, 0) is 92.4 Å². The lowest BCUT2D eigenvalue weighted by Crippen LogP contribution is -2.59. The van der Waals surface area contributed by atoms with E-state index in [9.17, 15) is 24.6 Å². The number of carbonyl (C=O) groups excluding carboxylic acids is 2. The first-order chi connectivity index (χ1) is 18.9. The number of fused-ring (bicyclic) bond motifs is 4. The molecule has 0 aromatic heterocycles. The SMILES string of the molecule is CC(=O)O[C@H]1C[C@H]([C@H](C)CC/C=C(\C)C(=O)O)[C@@]2(C)CCC3=C([C@H](O)C[C@H]4C(C)(C)[C@H](OC(C)=O)CC[C@]34C)[C@]12C. The van der Waals surface area contributed by atoms with Crippen molar-refractivity contribution in [3.8, 4) is 0 Å². The summed E-state index contributed by atoms with van der Waals surface area (Å²) in [6.45, 7) is 18.1. The van der Waals surface area contributed by atoms with Crippen molar-refractivity contribution in [3.63, 3.8) is 0 Å². The summed E-state index contributed by atoms with van der Waals surface area (Å²) in [7, 11) is 0. The molecule has 0 unspecified atom stereocenters. The van der Waals surface area contributed by atoms with Crippen LogP contribution < -0.4 is 0 Å². The van der Waals surface area contributed by atoms with Crippen LogP contribution in [0.15, 0.2) is 22.8 Å². The minimum Gasteiger partial charge on any atom is -0.478 e. The Labute approximate surface area is 246 Å².